The van der Waals surface area contributed by atoms with Gasteiger partial charge in [0.25, 0.3) is 5.69 Å². The van der Waals surface area contributed by atoms with Crippen molar-refractivity contribution >= 4 is 33.8 Å². The molecular formula is C10H7N3O4S. The van der Waals surface area contributed by atoms with Gasteiger partial charge in [-0.3, -0.25) is 10.1 Å². The molecular weight excluding hydrogens is 258 g/mol. The van der Waals surface area contributed by atoms with E-state index >= 15 is 0 Å². The molecule has 0 atom stereocenters. The summed E-state index contributed by atoms with van der Waals surface area (Å²) in [6.45, 7) is 0. The van der Waals surface area contributed by atoms with Crippen molar-refractivity contribution in [1.29, 1.82) is 0 Å². The smallest absolute Gasteiger partial charge is 0.342 e. The van der Waals surface area contributed by atoms with E-state index in [2.05, 4.69) is 10.3 Å². The molecule has 1 aromatic carbocycles. The van der Waals surface area contributed by atoms with Crippen molar-refractivity contribution in [3.05, 3.63) is 45.5 Å². The molecule has 1 heterocycles. The molecule has 0 saturated carbocycles. The molecule has 0 radical (unpaired) electrons. The Hall–Kier alpha value is -2.48. The first kappa shape index (κ1) is 12.0. The van der Waals surface area contributed by atoms with Gasteiger partial charge in [0.1, 0.15) is 5.56 Å². The minimum absolute atomic E-state index is 0.360. The summed E-state index contributed by atoms with van der Waals surface area (Å²) >= 11 is 1.34. The van der Waals surface area contributed by atoms with E-state index in [1.165, 1.54) is 23.5 Å². The van der Waals surface area contributed by atoms with Gasteiger partial charge in [-0.2, -0.15) is 0 Å². The van der Waals surface area contributed by atoms with Crippen molar-refractivity contribution in [2.45, 2.75) is 0 Å². The molecule has 0 amide bonds. The van der Waals surface area contributed by atoms with E-state index in [-0.39, 0.29) is 5.56 Å². The van der Waals surface area contributed by atoms with Crippen LogP contribution in [0.15, 0.2) is 29.8 Å². The van der Waals surface area contributed by atoms with Crippen molar-refractivity contribution in [2.75, 3.05) is 5.32 Å². The van der Waals surface area contributed by atoms with Crippen LogP contribution in [0, 0.1) is 10.1 Å². The number of nitro groups is 1. The molecule has 0 aliphatic carbocycles. The molecule has 1 aromatic heterocycles. The van der Waals surface area contributed by atoms with Crippen LogP contribution in [0.4, 0.5) is 16.5 Å². The van der Waals surface area contributed by atoms with Crippen LogP contribution in [0.2, 0.25) is 0 Å². The summed E-state index contributed by atoms with van der Waals surface area (Å²) in [6.07, 6.45) is 1.59. The number of carboxylic acid groups (broad SMARTS) is 1. The van der Waals surface area contributed by atoms with Crippen LogP contribution in [-0.4, -0.2) is 21.0 Å². The second-order valence-corrected chi connectivity index (χ2v) is 4.15. The number of aromatic carboxylic acids is 1. The summed E-state index contributed by atoms with van der Waals surface area (Å²) < 4.78 is 0. The lowest BCUT2D eigenvalue weighted by atomic mass is 10.1. The van der Waals surface area contributed by atoms with Gasteiger partial charge in [-0.25, -0.2) is 9.78 Å². The molecule has 8 heteroatoms. The Bertz CT molecular complexity index is 597. The van der Waals surface area contributed by atoms with Gasteiger partial charge in [-0.05, 0) is 12.1 Å². The Morgan fingerprint density at radius 3 is 2.83 bits per heavy atom. The van der Waals surface area contributed by atoms with Gasteiger partial charge in [-0.1, -0.05) is 0 Å². The Labute approximate surface area is 105 Å². The van der Waals surface area contributed by atoms with Crippen LogP contribution >= 0.6 is 11.3 Å². The van der Waals surface area contributed by atoms with Crippen molar-refractivity contribution in [3.8, 4) is 0 Å². The summed E-state index contributed by atoms with van der Waals surface area (Å²) in [5, 5.41) is 24.8. The lowest BCUT2D eigenvalue weighted by Crippen LogP contribution is -2.03. The van der Waals surface area contributed by atoms with Crippen LogP contribution in [-0.2, 0) is 0 Å². The van der Waals surface area contributed by atoms with E-state index in [9.17, 15) is 14.9 Å². The third-order valence-electron chi connectivity index (χ3n) is 2.11. The Balaban J connectivity index is 2.37. The standard InChI is InChI=1S/C10H7N3O4S/c14-9(15)7-5-6(1-2-8(7)13(16)17)12-10-11-3-4-18-10/h1-5H,(H,11,12)(H,14,15). The second-order valence-electron chi connectivity index (χ2n) is 3.26. The number of hydrogen-bond donors (Lipinski definition) is 2. The molecule has 0 bridgehead atoms. The van der Waals surface area contributed by atoms with E-state index in [0.717, 1.165) is 6.07 Å². The molecule has 7 nitrogen and oxygen atoms in total. The highest BCUT2D eigenvalue weighted by Crippen LogP contribution is 2.25. The van der Waals surface area contributed by atoms with Crippen molar-refractivity contribution in [3.63, 3.8) is 0 Å². The van der Waals surface area contributed by atoms with Gasteiger partial charge in [-0.15, -0.1) is 11.3 Å². The van der Waals surface area contributed by atoms with Gasteiger partial charge in [0.05, 0.1) is 4.92 Å². The largest absolute Gasteiger partial charge is 0.477 e. The van der Waals surface area contributed by atoms with Crippen molar-refractivity contribution in [2.24, 2.45) is 0 Å². The average Bonchev–Trinajstić information content (AvgIpc) is 2.81. The Morgan fingerprint density at radius 1 is 1.50 bits per heavy atom. The van der Waals surface area contributed by atoms with Crippen LogP contribution in [0.1, 0.15) is 10.4 Å². The molecule has 92 valence electrons. The number of nitrogens with zero attached hydrogens (tertiary/aromatic N) is 2. The zero-order valence-corrected chi connectivity index (χ0v) is 9.68. The normalized spacial score (nSPS) is 10.0. The molecule has 0 aliphatic rings. The summed E-state index contributed by atoms with van der Waals surface area (Å²) in [6, 6.07) is 3.80. The predicted octanol–water partition coefficient (Wildman–Crippen LogP) is 2.49. The third kappa shape index (κ3) is 2.43. The number of thiazole rings is 1. The molecule has 2 aromatic rings. The monoisotopic (exact) mass is 265 g/mol. The predicted molar refractivity (Wildman–Crippen MR) is 65.5 cm³/mol. The SMILES string of the molecule is O=C(O)c1cc(Nc2nccs2)ccc1[N+](=O)[O-]. The van der Waals surface area contributed by atoms with Gasteiger partial charge in [0.15, 0.2) is 5.13 Å². The molecule has 0 saturated heterocycles. The lowest BCUT2D eigenvalue weighted by Gasteiger charge is -2.04. The summed E-state index contributed by atoms with van der Waals surface area (Å²) in [4.78, 5) is 24.8. The summed E-state index contributed by atoms with van der Waals surface area (Å²) in [5.74, 6) is -1.34. The number of carbonyl (C=O) groups is 1. The van der Waals surface area contributed by atoms with Gasteiger partial charge in [0, 0.05) is 23.3 Å². The van der Waals surface area contributed by atoms with Crippen LogP contribution < -0.4 is 5.32 Å². The number of nitrogens with one attached hydrogen (secondary N) is 1. The fraction of sp³-hybridized carbons (Fsp3) is 0. The Morgan fingerprint density at radius 2 is 2.28 bits per heavy atom. The number of hydrogen-bond acceptors (Lipinski definition) is 6. The summed E-state index contributed by atoms with van der Waals surface area (Å²) in [5.41, 5.74) is -0.360. The maximum atomic E-state index is 10.9. The molecule has 0 spiro atoms. The zero-order valence-electron chi connectivity index (χ0n) is 8.86. The summed E-state index contributed by atoms with van der Waals surface area (Å²) in [7, 11) is 0. The number of rotatable bonds is 4. The van der Waals surface area contributed by atoms with Gasteiger partial charge >= 0.3 is 5.97 Å². The minimum Gasteiger partial charge on any atom is -0.477 e. The number of nitro benzene ring substituents is 1. The van der Waals surface area contributed by atoms with Crippen molar-refractivity contribution < 1.29 is 14.8 Å². The number of benzene rings is 1. The first-order chi connectivity index (χ1) is 8.58. The van der Waals surface area contributed by atoms with E-state index in [1.807, 2.05) is 0 Å². The van der Waals surface area contributed by atoms with Crippen LogP contribution in [0.5, 0.6) is 0 Å². The van der Waals surface area contributed by atoms with Gasteiger partial charge < -0.3 is 10.4 Å². The van der Waals surface area contributed by atoms with E-state index in [4.69, 9.17) is 5.11 Å². The topological polar surface area (TPSA) is 105 Å². The number of aromatic nitrogens is 1. The highest BCUT2D eigenvalue weighted by molar-refractivity contribution is 7.13. The quantitative estimate of drug-likeness (QED) is 0.649. The minimum atomic E-state index is -1.34. The molecule has 2 N–H and O–H groups in total. The van der Waals surface area contributed by atoms with Crippen LogP contribution in [0.3, 0.4) is 0 Å². The fourth-order valence-electron chi connectivity index (χ4n) is 1.35. The van der Waals surface area contributed by atoms with Crippen molar-refractivity contribution in [1.82, 2.24) is 4.98 Å². The maximum absolute atomic E-state index is 10.9. The Kier molecular flexibility index (Phi) is 3.20. The lowest BCUT2D eigenvalue weighted by molar-refractivity contribution is -0.385. The van der Waals surface area contributed by atoms with Gasteiger partial charge in [0.2, 0.25) is 0 Å². The fourth-order valence-corrected chi connectivity index (χ4v) is 1.90. The van der Waals surface area contributed by atoms with E-state index in [0.29, 0.717) is 10.8 Å². The zero-order chi connectivity index (χ0) is 13.1. The molecule has 18 heavy (non-hydrogen) atoms. The average molecular weight is 265 g/mol. The second kappa shape index (κ2) is 4.80. The maximum Gasteiger partial charge on any atom is 0.342 e. The number of carboxylic acids is 1. The van der Waals surface area contributed by atoms with Crippen LogP contribution in [0.25, 0.3) is 0 Å². The molecule has 0 unspecified atom stereocenters. The first-order valence-electron chi connectivity index (χ1n) is 4.76. The molecule has 0 fully saturated rings. The highest BCUT2D eigenvalue weighted by Gasteiger charge is 2.20. The first-order valence-corrected chi connectivity index (χ1v) is 5.64. The number of anilines is 2. The van der Waals surface area contributed by atoms with E-state index < -0.39 is 16.6 Å². The third-order valence-corrected chi connectivity index (χ3v) is 2.80. The molecule has 0 aliphatic heterocycles. The van der Waals surface area contributed by atoms with E-state index in [1.54, 1.807) is 11.6 Å². The highest BCUT2D eigenvalue weighted by atomic mass is 32.1. The molecule has 2 rings (SSSR count).